The van der Waals surface area contributed by atoms with Crippen molar-refractivity contribution in [2.24, 2.45) is 0 Å². The molecular weight excluding hydrogens is 196 g/mol. The molecule has 80 valence electrons. The fourth-order valence-electron chi connectivity index (χ4n) is 1.25. The van der Waals surface area contributed by atoms with Gasteiger partial charge in [0, 0.05) is 19.2 Å². The summed E-state index contributed by atoms with van der Waals surface area (Å²) in [5.41, 5.74) is 5.51. The van der Waals surface area contributed by atoms with Gasteiger partial charge in [-0.15, -0.1) is 0 Å². The Morgan fingerprint density at radius 2 is 2.21 bits per heavy atom. The Morgan fingerprint density at radius 3 is 2.71 bits per heavy atom. The third kappa shape index (κ3) is 3.51. The van der Waals surface area contributed by atoms with Crippen LogP contribution in [0.3, 0.4) is 0 Å². The summed E-state index contributed by atoms with van der Waals surface area (Å²) in [7, 11) is 0. The number of nitrogens with one attached hydrogen (secondary N) is 1. The molecule has 0 amide bonds. The van der Waals surface area contributed by atoms with Crippen LogP contribution < -0.4 is 11.1 Å². The first-order valence-electron chi connectivity index (χ1n) is 4.94. The number of anilines is 2. The second-order valence-electron chi connectivity index (χ2n) is 3.07. The predicted octanol–water partition coefficient (Wildman–Crippen LogP) is 1.48. The molecule has 1 rings (SSSR count). The van der Waals surface area contributed by atoms with Gasteiger partial charge < -0.3 is 16.0 Å². The average Bonchev–Trinajstić information content (AvgIpc) is 2.59. The highest BCUT2D eigenvalue weighted by Crippen LogP contribution is 2.16. The van der Waals surface area contributed by atoms with Crippen LogP contribution in [0, 0.1) is 0 Å². The zero-order valence-electron chi connectivity index (χ0n) is 8.79. The van der Waals surface area contributed by atoms with Crippen molar-refractivity contribution in [1.29, 1.82) is 0 Å². The van der Waals surface area contributed by atoms with E-state index >= 15 is 0 Å². The Hall–Kier alpha value is -0.810. The zero-order chi connectivity index (χ0) is 10.4. The van der Waals surface area contributed by atoms with Crippen LogP contribution in [-0.2, 0) is 0 Å². The Balaban J connectivity index is 2.21. The second kappa shape index (κ2) is 5.82. The molecule has 0 saturated carbocycles. The van der Waals surface area contributed by atoms with Crippen molar-refractivity contribution in [3.63, 3.8) is 0 Å². The van der Waals surface area contributed by atoms with Gasteiger partial charge in [-0.25, -0.2) is 0 Å². The summed E-state index contributed by atoms with van der Waals surface area (Å²) in [6.07, 6.45) is 0. The van der Waals surface area contributed by atoms with Crippen LogP contribution in [0.2, 0.25) is 0 Å². The number of hydrogen-bond donors (Lipinski definition) is 2. The third-order valence-electron chi connectivity index (χ3n) is 2.15. The first-order valence-corrected chi connectivity index (χ1v) is 5.72. The summed E-state index contributed by atoms with van der Waals surface area (Å²) in [6.45, 7) is 8.56. The molecule has 0 atom stereocenters. The van der Waals surface area contributed by atoms with E-state index in [2.05, 4.69) is 28.4 Å². The maximum Gasteiger partial charge on any atom is 0.139 e. The van der Waals surface area contributed by atoms with Gasteiger partial charge in [0.1, 0.15) is 10.8 Å². The molecule has 1 aromatic heterocycles. The summed E-state index contributed by atoms with van der Waals surface area (Å²) in [5.74, 6) is 0.598. The van der Waals surface area contributed by atoms with Crippen molar-refractivity contribution in [2.45, 2.75) is 13.8 Å². The average molecular weight is 214 g/mol. The van der Waals surface area contributed by atoms with Gasteiger partial charge in [-0.05, 0) is 24.6 Å². The standard InChI is InChI=1S/C9H18N4S/c1-3-13(4-2)6-5-11-9-7-8(10)12-14-9/h7,11H,3-6H2,1-2H3,(H2,10,12). The number of nitrogen functional groups attached to an aromatic ring is 1. The third-order valence-corrected chi connectivity index (χ3v) is 2.91. The first kappa shape index (κ1) is 11.3. The molecule has 4 nitrogen and oxygen atoms in total. The summed E-state index contributed by atoms with van der Waals surface area (Å²) in [6, 6.07) is 1.87. The molecule has 1 heterocycles. The van der Waals surface area contributed by atoms with Gasteiger partial charge in [-0.3, -0.25) is 0 Å². The van der Waals surface area contributed by atoms with E-state index in [1.807, 2.05) is 6.07 Å². The summed E-state index contributed by atoms with van der Waals surface area (Å²) < 4.78 is 4.00. The molecule has 0 radical (unpaired) electrons. The molecular formula is C9H18N4S. The lowest BCUT2D eigenvalue weighted by Gasteiger charge is -2.17. The van der Waals surface area contributed by atoms with Crippen molar-refractivity contribution < 1.29 is 0 Å². The van der Waals surface area contributed by atoms with Crippen molar-refractivity contribution in [3.8, 4) is 0 Å². The Morgan fingerprint density at radius 1 is 1.50 bits per heavy atom. The largest absolute Gasteiger partial charge is 0.383 e. The molecule has 0 fully saturated rings. The van der Waals surface area contributed by atoms with E-state index in [1.54, 1.807) is 0 Å². The van der Waals surface area contributed by atoms with Crippen LogP contribution >= 0.6 is 11.5 Å². The second-order valence-corrected chi connectivity index (χ2v) is 3.87. The van der Waals surface area contributed by atoms with Crippen LogP contribution in [0.5, 0.6) is 0 Å². The minimum absolute atomic E-state index is 0.598. The summed E-state index contributed by atoms with van der Waals surface area (Å²) in [5, 5.41) is 4.35. The highest BCUT2D eigenvalue weighted by atomic mass is 32.1. The van der Waals surface area contributed by atoms with E-state index < -0.39 is 0 Å². The van der Waals surface area contributed by atoms with Crippen LogP contribution in [-0.4, -0.2) is 35.5 Å². The molecule has 0 spiro atoms. The van der Waals surface area contributed by atoms with Crippen LogP contribution in [0.1, 0.15) is 13.8 Å². The van der Waals surface area contributed by atoms with Crippen molar-refractivity contribution in [1.82, 2.24) is 9.27 Å². The fourth-order valence-corrected chi connectivity index (χ4v) is 1.85. The summed E-state index contributed by atoms with van der Waals surface area (Å²) in [4.78, 5) is 2.37. The van der Waals surface area contributed by atoms with E-state index in [9.17, 15) is 0 Å². The lowest BCUT2D eigenvalue weighted by atomic mass is 10.4. The molecule has 0 aromatic carbocycles. The van der Waals surface area contributed by atoms with Gasteiger partial charge in [0.25, 0.3) is 0 Å². The molecule has 3 N–H and O–H groups in total. The van der Waals surface area contributed by atoms with Crippen LogP contribution in [0.15, 0.2) is 6.07 Å². The van der Waals surface area contributed by atoms with Gasteiger partial charge in [0.05, 0.1) is 0 Å². The topological polar surface area (TPSA) is 54.2 Å². The number of rotatable bonds is 6. The van der Waals surface area contributed by atoms with Crippen molar-refractivity contribution >= 4 is 22.4 Å². The van der Waals surface area contributed by atoms with E-state index in [0.29, 0.717) is 5.82 Å². The molecule has 1 aromatic rings. The van der Waals surface area contributed by atoms with Gasteiger partial charge >= 0.3 is 0 Å². The van der Waals surface area contributed by atoms with E-state index in [4.69, 9.17) is 5.73 Å². The normalized spacial score (nSPS) is 10.8. The lowest BCUT2D eigenvalue weighted by molar-refractivity contribution is 0.316. The van der Waals surface area contributed by atoms with Crippen molar-refractivity contribution in [2.75, 3.05) is 37.2 Å². The Bertz CT molecular complexity index is 257. The van der Waals surface area contributed by atoms with Crippen LogP contribution in [0.25, 0.3) is 0 Å². The van der Waals surface area contributed by atoms with E-state index in [0.717, 1.165) is 31.2 Å². The number of nitrogens with zero attached hydrogens (tertiary/aromatic N) is 2. The molecule has 0 aliphatic rings. The van der Waals surface area contributed by atoms with Gasteiger partial charge in [0.2, 0.25) is 0 Å². The predicted molar refractivity (Wildman–Crippen MR) is 62.8 cm³/mol. The minimum atomic E-state index is 0.598. The first-order chi connectivity index (χ1) is 6.76. The zero-order valence-corrected chi connectivity index (χ0v) is 9.60. The van der Waals surface area contributed by atoms with E-state index in [1.165, 1.54) is 11.5 Å². The van der Waals surface area contributed by atoms with Gasteiger partial charge in [-0.2, -0.15) is 4.37 Å². The maximum absolute atomic E-state index is 5.51. The monoisotopic (exact) mass is 214 g/mol. The SMILES string of the molecule is CCN(CC)CCNc1cc(N)ns1. The summed E-state index contributed by atoms with van der Waals surface area (Å²) >= 11 is 1.41. The highest BCUT2D eigenvalue weighted by molar-refractivity contribution is 7.10. The van der Waals surface area contributed by atoms with Crippen molar-refractivity contribution in [3.05, 3.63) is 6.07 Å². The number of hydrogen-bond acceptors (Lipinski definition) is 5. The minimum Gasteiger partial charge on any atom is -0.383 e. The number of nitrogens with two attached hydrogens (primary N) is 1. The van der Waals surface area contributed by atoms with Gasteiger partial charge in [-0.1, -0.05) is 13.8 Å². The van der Waals surface area contributed by atoms with E-state index in [-0.39, 0.29) is 0 Å². The molecule has 0 aliphatic heterocycles. The molecule has 0 bridgehead atoms. The molecule has 0 aliphatic carbocycles. The quantitative estimate of drug-likeness (QED) is 0.753. The molecule has 0 saturated heterocycles. The lowest BCUT2D eigenvalue weighted by Crippen LogP contribution is -2.28. The molecule has 14 heavy (non-hydrogen) atoms. The maximum atomic E-state index is 5.51. The smallest absolute Gasteiger partial charge is 0.139 e. The number of aromatic nitrogens is 1. The van der Waals surface area contributed by atoms with Gasteiger partial charge in [0.15, 0.2) is 0 Å². The molecule has 5 heteroatoms. The highest BCUT2D eigenvalue weighted by Gasteiger charge is 2.00. The fraction of sp³-hybridized carbons (Fsp3) is 0.667. The Kier molecular flexibility index (Phi) is 4.69. The Labute approximate surface area is 89.3 Å². The van der Waals surface area contributed by atoms with Crippen LogP contribution in [0.4, 0.5) is 10.8 Å². The number of likely N-dealkylation sites (N-methyl/N-ethyl adjacent to an activating group) is 1. The molecule has 0 unspecified atom stereocenters.